The molecule has 0 aliphatic carbocycles. The van der Waals surface area contributed by atoms with Gasteiger partial charge in [0, 0.05) is 6.07 Å². The average molecular weight is 209 g/mol. The summed E-state index contributed by atoms with van der Waals surface area (Å²) >= 11 is 0. The first-order valence-electron chi connectivity index (χ1n) is 5.41. The van der Waals surface area contributed by atoms with E-state index >= 15 is 0 Å². The number of ether oxygens (including phenoxy) is 1. The van der Waals surface area contributed by atoms with Crippen LogP contribution < -0.4 is 10.1 Å². The van der Waals surface area contributed by atoms with E-state index in [1.54, 1.807) is 6.07 Å². The van der Waals surface area contributed by atoms with E-state index in [1.807, 2.05) is 0 Å². The zero-order chi connectivity index (χ0) is 10.9. The second-order valence-electron chi connectivity index (χ2n) is 3.99. The third-order valence-corrected chi connectivity index (χ3v) is 3.16. The summed E-state index contributed by atoms with van der Waals surface area (Å²) in [5.41, 5.74) is 0.703. The number of fused-ring (bicyclic) bond motifs is 1. The minimum Gasteiger partial charge on any atom is -0.483 e. The molecular formula is C12H16FNO. The lowest BCUT2D eigenvalue weighted by atomic mass is 9.95. The van der Waals surface area contributed by atoms with E-state index in [9.17, 15) is 4.39 Å². The van der Waals surface area contributed by atoms with Crippen molar-refractivity contribution < 1.29 is 9.13 Å². The highest BCUT2D eigenvalue weighted by Crippen LogP contribution is 2.36. The van der Waals surface area contributed by atoms with Crippen molar-refractivity contribution in [2.24, 2.45) is 0 Å². The third kappa shape index (κ3) is 1.78. The molecule has 0 spiro atoms. The van der Waals surface area contributed by atoms with E-state index in [4.69, 9.17) is 4.74 Å². The molecule has 3 heteroatoms. The number of rotatable bonds is 2. The molecule has 82 valence electrons. The monoisotopic (exact) mass is 209 g/mol. The zero-order valence-electron chi connectivity index (χ0n) is 9.14. The highest BCUT2D eigenvalue weighted by Gasteiger charge is 2.32. The number of hydrogen-bond donors (Lipinski definition) is 1. The quantitative estimate of drug-likeness (QED) is 0.807. The number of benzene rings is 1. The van der Waals surface area contributed by atoms with Gasteiger partial charge in [0.05, 0.1) is 12.2 Å². The molecule has 15 heavy (non-hydrogen) atoms. The predicted molar refractivity (Wildman–Crippen MR) is 58.8 cm³/mol. The van der Waals surface area contributed by atoms with E-state index in [0.717, 1.165) is 25.1 Å². The molecule has 0 fully saturated rings. The summed E-state index contributed by atoms with van der Waals surface area (Å²) in [6.45, 7) is 4.98. The number of nitrogens with one attached hydrogen (secondary N) is 1. The number of anilines is 1. The van der Waals surface area contributed by atoms with Gasteiger partial charge in [-0.25, -0.2) is 4.39 Å². The largest absolute Gasteiger partial charge is 0.483 e. The van der Waals surface area contributed by atoms with Gasteiger partial charge in [0.2, 0.25) is 0 Å². The van der Waals surface area contributed by atoms with Crippen LogP contribution in [-0.4, -0.2) is 12.1 Å². The first-order chi connectivity index (χ1) is 7.19. The molecule has 0 radical (unpaired) electrons. The van der Waals surface area contributed by atoms with Crippen LogP contribution in [0.2, 0.25) is 0 Å². The molecule has 1 aromatic carbocycles. The molecule has 1 aliphatic heterocycles. The first kappa shape index (κ1) is 10.3. The average Bonchev–Trinajstić information content (AvgIpc) is 2.28. The molecule has 2 rings (SSSR count). The van der Waals surface area contributed by atoms with Gasteiger partial charge in [-0.2, -0.15) is 0 Å². The van der Waals surface area contributed by atoms with E-state index in [1.165, 1.54) is 12.1 Å². The fourth-order valence-corrected chi connectivity index (χ4v) is 1.90. The number of halogens is 1. The van der Waals surface area contributed by atoms with Gasteiger partial charge in [-0.3, -0.25) is 0 Å². The van der Waals surface area contributed by atoms with E-state index in [0.29, 0.717) is 5.75 Å². The molecule has 1 aliphatic rings. The summed E-state index contributed by atoms with van der Waals surface area (Å²) in [6, 6.07) is 4.61. The van der Waals surface area contributed by atoms with Crippen molar-refractivity contribution in [2.45, 2.75) is 32.3 Å². The van der Waals surface area contributed by atoms with Gasteiger partial charge in [-0.15, -0.1) is 0 Å². The lowest BCUT2D eigenvalue weighted by Gasteiger charge is -2.38. The van der Waals surface area contributed by atoms with E-state index < -0.39 is 0 Å². The molecule has 1 heterocycles. The van der Waals surface area contributed by atoms with Crippen molar-refractivity contribution in [3.05, 3.63) is 24.0 Å². The van der Waals surface area contributed by atoms with Crippen LogP contribution in [0, 0.1) is 5.82 Å². The summed E-state index contributed by atoms with van der Waals surface area (Å²) in [5, 5.41) is 3.29. The smallest absolute Gasteiger partial charge is 0.146 e. The molecular weight excluding hydrogens is 193 g/mol. The highest BCUT2D eigenvalue weighted by molar-refractivity contribution is 5.58. The first-order valence-corrected chi connectivity index (χ1v) is 5.41. The van der Waals surface area contributed by atoms with Gasteiger partial charge in [0.15, 0.2) is 0 Å². The van der Waals surface area contributed by atoms with Crippen molar-refractivity contribution in [1.82, 2.24) is 0 Å². The van der Waals surface area contributed by atoms with Crippen LogP contribution in [0.1, 0.15) is 26.7 Å². The minimum absolute atomic E-state index is 0.180. The second-order valence-corrected chi connectivity index (χ2v) is 3.99. The molecule has 0 unspecified atom stereocenters. The maximum atomic E-state index is 13.0. The minimum atomic E-state index is -0.251. The summed E-state index contributed by atoms with van der Waals surface area (Å²) in [5.74, 6) is 0.378. The van der Waals surface area contributed by atoms with Gasteiger partial charge in [-0.05, 0) is 25.0 Å². The van der Waals surface area contributed by atoms with Crippen molar-refractivity contribution in [1.29, 1.82) is 0 Å². The van der Waals surface area contributed by atoms with Gasteiger partial charge < -0.3 is 10.1 Å². The fourth-order valence-electron chi connectivity index (χ4n) is 1.90. The van der Waals surface area contributed by atoms with Gasteiger partial charge >= 0.3 is 0 Å². The second kappa shape index (κ2) is 3.72. The summed E-state index contributed by atoms with van der Waals surface area (Å²) in [4.78, 5) is 0. The normalized spacial score (nSPS) is 17.5. The van der Waals surface area contributed by atoms with Crippen LogP contribution in [-0.2, 0) is 0 Å². The van der Waals surface area contributed by atoms with Crippen LogP contribution in [0.25, 0.3) is 0 Å². The lowest BCUT2D eigenvalue weighted by Crippen LogP contribution is -2.44. The Bertz CT molecular complexity index is 361. The van der Waals surface area contributed by atoms with Crippen molar-refractivity contribution in [3.8, 4) is 5.75 Å². The van der Waals surface area contributed by atoms with Crippen molar-refractivity contribution in [3.63, 3.8) is 0 Å². The van der Waals surface area contributed by atoms with E-state index in [2.05, 4.69) is 19.2 Å². The van der Waals surface area contributed by atoms with Gasteiger partial charge in [0.1, 0.15) is 17.2 Å². The molecule has 2 nitrogen and oxygen atoms in total. The predicted octanol–water partition coefficient (Wildman–Crippen LogP) is 3.19. The van der Waals surface area contributed by atoms with Crippen LogP contribution >= 0.6 is 0 Å². The molecule has 0 saturated carbocycles. The maximum Gasteiger partial charge on any atom is 0.146 e. The van der Waals surface area contributed by atoms with Gasteiger partial charge in [-0.1, -0.05) is 13.8 Å². The highest BCUT2D eigenvalue weighted by atomic mass is 19.1. The van der Waals surface area contributed by atoms with Crippen molar-refractivity contribution >= 4 is 5.69 Å². The Morgan fingerprint density at radius 3 is 2.80 bits per heavy atom. The van der Waals surface area contributed by atoms with Crippen LogP contribution in [0.5, 0.6) is 5.75 Å². The van der Waals surface area contributed by atoms with Crippen molar-refractivity contribution in [2.75, 3.05) is 11.9 Å². The standard InChI is InChI=1S/C12H16FNO/c1-3-12(4-2)8-14-10-6-5-9(13)7-11(10)15-12/h5-7,14H,3-4,8H2,1-2H3. The zero-order valence-corrected chi connectivity index (χ0v) is 9.14. The molecule has 1 N–H and O–H groups in total. The Morgan fingerprint density at radius 1 is 1.40 bits per heavy atom. The molecule has 0 saturated heterocycles. The van der Waals surface area contributed by atoms with E-state index in [-0.39, 0.29) is 11.4 Å². The summed E-state index contributed by atoms with van der Waals surface area (Å²) in [7, 11) is 0. The van der Waals surface area contributed by atoms with Crippen LogP contribution in [0.4, 0.5) is 10.1 Å². The Kier molecular flexibility index (Phi) is 2.55. The molecule has 0 atom stereocenters. The lowest BCUT2D eigenvalue weighted by molar-refractivity contribution is 0.0667. The Morgan fingerprint density at radius 2 is 2.13 bits per heavy atom. The van der Waals surface area contributed by atoms with Gasteiger partial charge in [0.25, 0.3) is 0 Å². The molecule has 0 aromatic heterocycles. The third-order valence-electron chi connectivity index (χ3n) is 3.16. The number of hydrogen-bond acceptors (Lipinski definition) is 2. The summed E-state index contributed by atoms with van der Waals surface area (Å²) < 4.78 is 18.9. The Balaban J connectivity index is 2.32. The topological polar surface area (TPSA) is 21.3 Å². The maximum absolute atomic E-state index is 13.0. The Hall–Kier alpha value is -1.25. The molecule has 0 bridgehead atoms. The summed E-state index contributed by atoms with van der Waals surface area (Å²) in [6.07, 6.45) is 1.85. The van der Waals surface area contributed by atoms with Crippen LogP contribution in [0.15, 0.2) is 18.2 Å². The SMILES string of the molecule is CCC1(CC)CNc2ccc(F)cc2O1. The van der Waals surface area contributed by atoms with Crippen LogP contribution in [0.3, 0.4) is 0 Å². The fraction of sp³-hybridized carbons (Fsp3) is 0.500. The Labute approximate surface area is 89.4 Å². The molecule has 1 aromatic rings. The molecule has 0 amide bonds.